The highest BCUT2D eigenvalue weighted by Crippen LogP contribution is 2.25. The number of ether oxygens (including phenoxy) is 1. The molecule has 2 rings (SSSR count). The summed E-state index contributed by atoms with van der Waals surface area (Å²) < 4.78 is 5.40. The summed E-state index contributed by atoms with van der Waals surface area (Å²) >= 11 is 6.12. The summed E-state index contributed by atoms with van der Waals surface area (Å²) in [6, 6.07) is 6.82. The standard InChI is InChI=1S/C13H18ClNO/c1-2-16-13-6-3-10(9-12(13)14)7-8-15-11-4-5-11/h3,6,9,11,15H,2,4-5,7-8H2,1H3. The van der Waals surface area contributed by atoms with E-state index in [1.807, 2.05) is 19.1 Å². The molecule has 1 saturated carbocycles. The normalized spacial score (nSPS) is 15.1. The van der Waals surface area contributed by atoms with Crippen LogP contribution in [0.2, 0.25) is 5.02 Å². The monoisotopic (exact) mass is 239 g/mol. The van der Waals surface area contributed by atoms with Gasteiger partial charge in [-0.15, -0.1) is 0 Å². The molecule has 0 spiro atoms. The molecule has 0 heterocycles. The van der Waals surface area contributed by atoms with E-state index in [-0.39, 0.29) is 0 Å². The lowest BCUT2D eigenvalue weighted by Gasteiger charge is -2.08. The van der Waals surface area contributed by atoms with Crippen LogP contribution >= 0.6 is 11.6 Å². The smallest absolute Gasteiger partial charge is 0.137 e. The Morgan fingerprint density at radius 1 is 1.44 bits per heavy atom. The van der Waals surface area contributed by atoms with Crippen LogP contribution in [0.25, 0.3) is 0 Å². The Morgan fingerprint density at radius 2 is 2.25 bits per heavy atom. The summed E-state index contributed by atoms with van der Waals surface area (Å²) in [7, 11) is 0. The summed E-state index contributed by atoms with van der Waals surface area (Å²) in [6.45, 7) is 3.65. The minimum absolute atomic E-state index is 0.655. The third-order valence-electron chi connectivity index (χ3n) is 2.72. The van der Waals surface area contributed by atoms with Gasteiger partial charge in [-0.2, -0.15) is 0 Å². The van der Waals surface area contributed by atoms with Gasteiger partial charge >= 0.3 is 0 Å². The topological polar surface area (TPSA) is 21.3 Å². The first kappa shape index (κ1) is 11.7. The number of halogens is 1. The lowest BCUT2D eigenvalue weighted by atomic mass is 10.1. The Bertz CT molecular complexity index is 350. The molecule has 0 aliphatic heterocycles. The van der Waals surface area contributed by atoms with Gasteiger partial charge in [0, 0.05) is 6.04 Å². The molecule has 0 radical (unpaired) electrons. The van der Waals surface area contributed by atoms with Crippen LogP contribution in [-0.2, 0) is 6.42 Å². The molecule has 1 aliphatic rings. The van der Waals surface area contributed by atoms with Gasteiger partial charge in [-0.1, -0.05) is 17.7 Å². The van der Waals surface area contributed by atoms with E-state index in [9.17, 15) is 0 Å². The van der Waals surface area contributed by atoms with E-state index in [2.05, 4.69) is 11.4 Å². The van der Waals surface area contributed by atoms with Crippen molar-refractivity contribution >= 4 is 11.6 Å². The Morgan fingerprint density at radius 3 is 2.88 bits per heavy atom. The van der Waals surface area contributed by atoms with Crippen molar-refractivity contribution in [3.8, 4) is 5.75 Å². The molecule has 0 bridgehead atoms. The second kappa shape index (κ2) is 5.55. The molecular weight excluding hydrogens is 222 g/mol. The molecule has 0 amide bonds. The molecule has 1 aromatic rings. The SMILES string of the molecule is CCOc1ccc(CCNC2CC2)cc1Cl. The molecule has 0 aromatic heterocycles. The first-order chi connectivity index (χ1) is 7.79. The third-order valence-corrected chi connectivity index (χ3v) is 3.02. The third kappa shape index (κ3) is 3.39. The Kier molecular flexibility index (Phi) is 4.08. The van der Waals surface area contributed by atoms with Crippen molar-refractivity contribution in [3.63, 3.8) is 0 Å². The minimum Gasteiger partial charge on any atom is -0.492 e. The van der Waals surface area contributed by atoms with Crippen LogP contribution in [0, 0.1) is 0 Å². The molecule has 1 fully saturated rings. The van der Waals surface area contributed by atoms with Crippen molar-refractivity contribution in [1.29, 1.82) is 0 Å². The van der Waals surface area contributed by atoms with Gasteiger partial charge < -0.3 is 10.1 Å². The molecule has 3 heteroatoms. The number of hydrogen-bond donors (Lipinski definition) is 1. The zero-order chi connectivity index (χ0) is 11.4. The Balaban J connectivity index is 1.86. The highest BCUT2D eigenvalue weighted by atomic mass is 35.5. The molecule has 0 atom stereocenters. The second-order valence-corrected chi connectivity index (χ2v) is 4.58. The van der Waals surface area contributed by atoms with Gasteiger partial charge in [-0.3, -0.25) is 0 Å². The Hall–Kier alpha value is -0.730. The van der Waals surface area contributed by atoms with Crippen molar-refractivity contribution in [1.82, 2.24) is 5.32 Å². The largest absolute Gasteiger partial charge is 0.492 e. The predicted molar refractivity (Wildman–Crippen MR) is 67.3 cm³/mol. The molecule has 16 heavy (non-hydrogen) atoms. The summed E-state index contributed by atoms with van der Waals surface area (Å²) in [5, 5.41) is 4.20. The van der Waals surface area contributed by atoms with Gasteiger partial charge in [0.25, 0.3) is 0 Å². The highest BCUT2D eigenvalue weighted by molar-refractivity contribution is 6.32. The van der Waals surface area contributed by atoms with Gasteiger partial charge in [0.1, 0.15) is 5.75 Å². The minimum atomic E-state index is 0.655. The van der Waals surface area contributed by atoms with Gasteiger partial charge in [0.15, 0.2) is 0 Å². The second-order valence-electron chi connectivity index (χ2n) is 4.18. The van der Waals surface area contributed by atoms with E-state index in [0.29, 0.717) is 11.6 Å². The maximum absolute atomic E-state index is 6.12. The highest BCUT2D eigenvalue weighted by Gasteiger charge is 2.19. The summed E-state index contributed by atoms with van der Waals surface area (Å²) in [5.74, 6) is 0.781. The van der Waals surface area contributed by atoms with Gasteiger partial charge in [-0.05, 0) is 50.4 Å². The van der Waals surface area contributed by atoms with E-state index in [1.54, 1.807) is 0 Å². The lowest BCUT2D eigenvalue weighted by Crippen LogP contribution is -2.19. The van der Waals surface area contributed by atoms with Crippen LogP contribution in [-0.4, -0.2) is 19.2 Å². The summed E-state index contributed by atoms with van der Waals surface area (Å²) in [4.78, 5) is 0. The van der Waals surface area contributed by atoms with E-state index in [1.165, 1.54) is 18.4 Å². The predicted octanol–water partition coefficient (Wildman–Crippen LogP) is 3.03. The quantitative estimate of drug-likeness (QED) is 0.824. The van der Waals surface area contributed by atoms with Crippen LogP contribution in [0.15, 0.2) is 18.2 Å². The molecule has 2 nitrogen and oxygen atoms in total. The van der Waals surface area contributed by atoms with Gasteiger partial charge in [0.2, 0.25) is 0 Å². The molecular formula is C13H18ClNO. The van der Waals surface area contributed by atoms with Crippen molar-refractivity contribution in [2.24, 2.45) is 0 Å². The maximum Gasteiger partial charge on any atom is 0.137 e. The summed E-state index contributed by atoms with van der Waals surface area (Å²) in [6.07, 6.45) is 3.71. The zero-order valence-corrected chi connectivity index (χ0v) is 10.4. The Labute approximate surface area is 102 Å². The van der Waals surface area contributed by atoms with Crippen LogP contribution in [0.5, 0.6) is 5.75 Å². The molecule has 1 aromatic carbocycles. The van der Waals surface area contributed by atoms with Crippen LogP contribution in [0.1, 0.15) is 25.3 Å². The lowest BCUT2D eigenvalue weighted by molar-refractivity contribution is 0.340. The molecule has 88 valence electrons. The van der Waals surface area contributed by atoms with Crippen LogP contribution < -0.4 is 10.1 Å². The molecule has 1 aliphatic carbocycles. The average molecular weight is 240 g/mol. The van der Waals surface area contributed by atoms with Crippen molar-refractivity contribution in [3.05, 3.63) is 28.8 Å². The van der Waals surface area contributed by atoms with Crippen LogP contribution in [0.4, 0.5) is 0 Å². The average Bonchev–Trinajstić information content (AvgIpc) is 3.06. The summed E-state index contributed by atoms with van der Waals surface area (Å²) in [5.41, 5.74) is 1.27. The van der Waals surface area contributed by atoms with Crippen molar-refractivity contribution in [2.75, 3.05) is 13.2 Å². The van der Waals surface area contributed by atoms with E-state index >= 15 is 0 Å². The maximum atomic E-state index is 6.12. The fourth-order valence-corrected chi connectivity index (χ4v) is 1.94. The van der Waals surface area contributed by atoms with E-state index in [0.717, 1.165) is 24.8 Å². The van der Waals surface area contributed by atoms with Crippen molar-refractivity contribution < 1.29 is 4.74 Å². The number of hydrogen-bond acceptors (Lipinski definition) is 2. The molecule has 1 N–H and O–H groups in total. The zero-order valence-electron chi connectivity index (χ0n) is 9.63. The van der Waals surface area contributed by atoms with Gasteiger partial charge in [0.05, 0.1) is 11.6 Å². The van der Waals surface area contributed by atoms with Crippen molar-refractivity contribution in [2.45, 2.75) is 32.2 Å². The van der Waals surface area contributed by atoms with E-state index < -0.39 is 0 Å². The number of rotatable bonds is 6. The van der Waals surface area contributed by atoms with Gasteiger partial charge in [-0.25, -0.2) is 0 Å². The van der Waals surface area contributed by atoms with Crippen LogP contribution in [0.3, 0.4) is 0 Å². The first-order valence-corrected chi connectivity index (χ1v) is 6.32. The molecule has 0 unspecified atom stereocenters. The first-order valence-electron chi connectivity index (χ1n) is 5.94. The fraction of sp³-hybridized carbons (Fsp3) is 0.538. The number of nitrogens with one attached hydrogen (secondary N) is 1. The number of benzene rings is 1. The fourth-order valence-electron chi connectivity index (χ4n) is 1.68. The van der Waals surface area contributed by atoms with E-state index in [4.69, 9.17) is 16.3 Å². The molecule has 0 saturated heterocycles.